The van der Waals surface area contributed by atoms with Crippen LogP contribution < -0.4 is 0 Å². The lowest BCUT2D eigenvalue weighted by Gasteiger charge is -2.27. The van der Waals surface area contributed by atoms with E-state index < -0.39 is 11.6 Å². The van der Waals surface area contributed by atoms with Crippen LogP contribution in [0.1, 0.15) is 31.2 Å². The van der Waals surface area contributed by atoms with E-state index in [0.29, 0.717) is 0 Å². The molecule has 0 spiro atoms. The van der Waals surface area contributed by atoms with E-state index in [-0.39, 0.29) is 30.7 Å². The van der Waals surface area contributed by atoms with Crippen LogP contribution in [-0.4, -0.2) is 30.6 Å². The Kier molecular flexibility index (Phi) is 5.06. The highest BCUT2D eigenvalue weighted by Crippen LogP contribution is 2.25. The Hall–Kier alpha value is -1.49. The summed E-state index contributed by atoms with van der Waals surface area (Å²) in [5, 5.41) is 0. The maximum Gasteiger partial charge on any atom is 0.319 e. The molecule has 0 saturated heterocycles. The molecule has 1 aromatic rings. The van der Waals surface area contributed by atoms with E-state index in [1.807, 2.05) is 4.90 Å². The molecule has 0 aliphatic heterocycles. The van der Waals surface area contributed by atoms with Crippen LogP contribution in [0.15, 0.2) is 18.2 Å². The quantitative estimate of drug-likeness (QED) is 0.778. The number of methoxy groups -OCH3 is 1. The summed E-state index contributed by atoms with van der Waals surface area (Å²) in [5.74, 6) is -2.04. The first-order valence-corrected chi connectivity index (χ1v) is 6.85. The van der Waals surface area contributed by atoms with Crippen LogP contribution in [0.3, 0.4) is 0 Å². The molecule has 1 fully saturated rings. The number of nitrogens with zero attached hydrogens (tertiary/aromatic N) is 1. The Morgan fingerprint density at radius 3 is 2.70 bits per heavy atom. The van der Waals surface area contributed by atoms with Gasteiger partial charge in [0.25, 0.3) is 0 Å². The zero-order valence-corrected chi connectivity index (χ0v) is 11.6. The van der Waals surface area contributed by atoms with Crippen molar-refractivity contribution in [1.82, 2.24) is 4.90 Å². The molecule has 0 aromatic heterocycles. The highest BCUT2D eigenvalue weighted by molar-refractivity contribution is 5.71. The summed E-state index contributed by atoms with van der Waals surface area (Å²) in [5.41, 5.74) is 0.279. The number of rotatable bonds is 5. The van der Waals surface area contributed by atoms with Crippen LogP contribution in [-0.2, 0) is 16.1 Å². The van der Waals surface area contributed by atoms with Crippen LogP contribution in [0, 0.1) is 11.6 Å². The Labute approximate surface area is 117 Å². The molecule has 0 heterocycles. The number of hydrogen-bond acceptors (Lipinski definition) is 3. The predicted molar refractivity (Wildman–Crippen MR) is 71.0 cm³/mol. The molecule has 0 amide bonds. The third-order valence-corrected chi connectivity index (χ3v) is 3.81. The molecule has 1 aliphatic rings. The van der Waals surface area contributed by atoms with Crippen molar-refractivity contribution < 1.29 is 18.3 Å². The predicted octanol–water partition coefficient (Wildman–Crippen LogP) is 2.88. The summed E-state index contributed by atoms with van der Waals surface area (Å²) in [6, 6.07) is 4.37. The maximum atomic E-state index is 13.8. The number of ether oxygens (including phenoxy) is 1. The van der Waals surface area contributed by atoms with Gasteiger partial charge < -0.3 is 4.74 Å². The fraction of sp³-hybridized carbons (Fsp3) is 0.533. The number of benzene rings is 1. The van der Waals surface area contributed by atoms with E-state index in [4.69, 9.17) is 0 Å². The van der Waals surface area contributed by atoms with Crippen molar-refractivity contribution in [2.45, 2.75) is 38.3 Å². The zero-order chi connectivity index (χ0) is 14.5. The summed E-state index contributed by atoms with van der Waals surface area (Å²) >= 11 is 0. The minimum absolute atomic E-state index is 0.108. The van der Waals surface area contributed by atoms with Gasteiger partial charge in [-0.2, -0.15) is 0 Å². The van der Waals surface area contributed by atoms with E-state index in [1.54, 1.807) is 6.07 Å². The van der Waals surface area contributed by atoms with Gasteiger partial charge in [0.1, 0.15) is 0 Å². The highest BCUT2D eigenvalue weighted by atomic mass is 19.2. The second-order valence-electron chi connectivity index (χ2n) is 5.13. The maximum absolute atomic E-state index is 13.8. The van der Waals surface area contributed by atoms with Crippen molar-refractivity contribution in [2.24, 2.45) is 0 Å². The van der Waals surface area contributed by atoms with Crippen LogP contribution in [0.4, 0.5) is 8.78 Å². The van der Waals surface area contributed by atoms with Gasteiger partial charge in [-0.3, -0.25) is 9.69 Å². The van der Waals surface area contributed by atoms with Crippen molar-refractivity contribution in [3.63, 3.8) is 0 Å². The summed E-state index contributed by atoms with van der Waals surface area (Å²) in [7, 11) is 1.33. The third kappa shape index (κ3) is 3.54. The third-order valence-electron chi connectivity index (χ3n) is 3.81. The van der Waals surface area contributed by atoms with E-state index in [9.17, 15) is 13.6 Å². The van der Waals surface area contributed by atoms with E-state index in [0.717, 1.165) is 31.7 Å². The van der Waals surface area contributed by atoms with Crippen LogP contribution in [0.5, 0.6) is 0 Å². The molecule has 0 bridgehead atoms. The van der Waals surface area contributed by atoms with Crippen LogP contribution in [0.25, 0.3) is 0 Å². The fourth-order valence-corrected chi connectivity index (χ4v) is 2.70. The minimum Gasteiger partial charge on any atom is -0.468 e. The lowest BCUT2D eigenvalue weighted by atomic mass is 10.1. The molecular weight excluding hydrogens is 264 g/mol. The molecule has 1 aromatic carbocycles. The van der Waals surface area contributed by atoms with Crippen LogP contribution in [0.2, 0.25) is 0 Å². The molecular formula is C15H19F2NO2. The fourth-order valence-electron chi connectivity index (χ4n) is 2.70. The molecule has 1 aliphatic carbocycles. The van der Waals surface area contributed by atoms with Crippen LogP contribution >= 0.6 is 0 Å². The number of esters is 1. The molecule has 5 heteroatoms. The minimum atomic E-state index is -0.855. The smallest absolute Gasteiger partial charge is 0.319 e. The first kappa shape index (κ1) is 14.9. The molecule has 110 valence electrons. The lowest BCUT2D eigenvalue weighted by Crippen LogP contribution is -2.37. The molecule has 3 nitrogen and oxygen atoms in total. The SMILES string of the molecule is COC(=O)CN(Cc1cccc(F)c1F)C1CCCC1. The molecule has 2 rings (SSSR count). The van der Waals surface area contributed by atoms with Gasteiger partial charge in [-0.05, 0) is 18.9 Å². The normalized spacial score (nSPS) is 15.8. The van der Waals surface area contributed by atoms with Crippen molar-refractivity contribution in [3.8, 4) is 0 Å². The Morgan fingerprint density at radius 1 is 1.35 bits per heavy atom. The van der Waals surface area contributed by atoms with Gasteiger partial charge in [0.2, 0.25) is 0 Å². The van der Waals surface area contributed by atoms with Crippen molar-refractivity contribution in [2.75, 3.05) is 13.7 Å². The van der Waals surface area contributed by atoms with Gasteiger partial charge in [-0.25, -0.2) is 8.78 Å². The van der Waals surface area contributed by atoms with Gasteiger partial charge in [0, 0.05) is 18.2 Å². The molecule has 0 radical (unpaired) electrons. The Bertz CT molecular complexity index is 473. The molecule has 0 atom stereocenters. The summed E-state index contributed by atoms with van der Waals surface area (Å²) < 4.78 is 31.7. The monoisotopic (exact) mass is 283 g/mol. The highest BCUT2D eigenvalue weighted by Gasteiger charge is 2.25. The largest absolute Gasteiger partial charge is 0.468 e. The van der Waals surface area contributed by atoms with Gasteiger partial charge in [0.05, 0.1) is 13.7 Å². The summed E-state index contributed by atoms with van der Waals surface area (Å²) in [6.07, 6.45) is 4.17. The van der Waals surface area contributed by atoms with Crippen molar-refractivity contribution in [1.29, 1.82) is 0 Å². The summed E-state index contributed by atoms with van der Waals surface area (Å²) in [4.78, 5) is 13.4. The average molecular weight is 283 g/mol. The average Bonchev–Trinajstić information content (AvgIpc) is 2.96. The first-order valence-electron chi connectivity index (χ1n) is 6.85. The Morgan fingerprint density at radius 2 is 2.05 bits per heavy atom. The molecule has 0 N–H and O–H groups in total. The zero-order valence-electron chi connectivity index (χ0n) is 11.6. The molecule has 1 saturated carbocycles. The number of halogens is 2. The van der Waals surface area contributed by atoms with E-state index >= 15 is 0 Å². The number of hydrogen-bond donors (Lipinski definition) is 0. The summed E-state index contributed by atoms with van der Waals surface area (Å²) in [6.45, 7) is 0.334. The first-order chi connectivity index (χ1) is 9.61. The van der Waals surface area contributed by atoms with E-state index in [2.05, 4.69) is 4.74 Å². The number of carbonyl (C=O) groups excluding carboxylic acids is 1. The number of carbonyl (C=O) groups is 1. The van der Waals surface area contributed by atoms with Gasteiger partial charge >= 0.3 is 5.97 Å². The van der Waals surface area contributed by atoms with Gasteiger partial charge in [-0.15, -0.1) is 0 Å². The topological polar surface area (TPSA) is 29.5 Å². The molecule has 20 heavy (non-hydrogen) atoms. The Balaban J connectivity index is 2.13. The van der Waals surface area contributed by atoms with Gasteiger partial charge in [-0.1, -0.05) is 25.0 Å². The second kappa shape index (κ2) is 6.79. The standard InChI is InChI=1S/C15H19F2NO2/c1-20-14(19)10-18(12-6-2-3-7-12)9-11-5-4-8-13(16)15(11)17/h4-5,8,12H,2-3,6-7,9-10H2,1H3. The second-order valence-corrected chi connectivity index (χ2v) is 5.13. The van der Waals surface area contributed by atoms with Crippen molar-refractivity contribution in [3.05, 3.63) is 35.4 Å². The lowest BCUT2D eigenvalue weighted by molar-refractivity contribution is -0.142. The van der Waals surface area contributed by atoms with E-state index in [1.165, 1.54) is 13.2 Å². The van der Waals surface area contributed by atoms with Gasteiger partial charge in [0.15, 0.2) is 11.6 Å². The van der Waals surface area contributed by atoms with Crippen molar-refractivity contribution >= 4 is 5.97 Å². The molecule has 0 unspecified atom stereocenters.